The van der Waals surface area contributed by atoms with Crippen LogP contribution in [0.15, 0.2) is 0 Å². The summed E-state index contributed by atoms with van der Waals surface area (Å²) in [4.78, 5) is 10.6. The van der Waals surface area contributed by atoms with Gasteiger partial charge in [0.05, 0.1) is 13.0 Å². The van der Waals surface area contributed by atoms with Gasteiger partial charge in [-0.05, 0) is 0 Å². The third-order valence-corrected chi connectivity index (χ3v) is 0.913. The summed E-state index contributed by atoms with van der Waals surface area (Å²) in [6.45, 7) is 0.431. The van der Waals surface area contributed by atoms with Crippen molar-refractivity contribution in [1.82, 2.24) is 5.01 Å². The molecule has 0 heterocycles. The third-order valence-electron chi connectivity index (χ3n) is 0.913. The molecule has 2 N–H and O–H groups in total. The second-order valence-electron chi connectivity index (χ2n) is 1.75. The lowest BCUT2D eigenvalue weighted by molar-refractivity contribution is -0.131. The Morgan fingerprint density at radius 2 is 2.33 bits per heavy atom. The van der Waals surface area contributed by atoms with Gasteiger partial charge in [0, 0.05) is 14.2 Å². The first kappa shape index (κ1) is 8.39. The standard InChI is InChI=1S/C5H12N2O2/c1-7(6)5(8)3-4-9-2/h3-4,6H2,1-2H3. The summed E-state index contributed by atoms with van der Waals surface area (Å²) < 4.78 is 4.66. The molecule has 0 fully saturated rings. The Balaban J connectivity index is 3.28. The maximum Gasteiger partial charge on any atom is 0.238 e. The summed E-state index contributed by atoms with van der Waals surface area (Å²) in [6.07, 6.45) is 0.351. The molecule has 1 amide bonds. The molecular weight excluding hydrogens is 120 g/mol. The molecule has 0 spiro atoms. The number of rotatable bonds is 3. The Morgan fingerprint density at radius 3 is 2.67 bits per heavy atom. The molecule has 4 nitrogen and oxygen atoms in total. The number of carbonyl (C=O) groups excluding carboxylic acids is 1. The summed E-state index contributed by atoms with van der Waals surface area (Å²) >= 11 is 0. The van der Waals surface area contributed by atoms with E-state index < -0.39 is 0 Å². The van der Waals surface area contributed by atoms with Crippen LogP contribution in [0.4, 0.5) is 0 Å². The largest absolute Gasteiger partial charge is 0.384 e. The average molecular weight is 132 g/mol. The number of nitrogens with zero attached hydrogens (tertiary/aromatic N) is 1. The molecule has 54 valence electrons. The zero-order chi connectivity index (χ0) is 7.28. The van der Waals surface area contributed by atoms with E-state index in [1.807, 2.05) is 0 Å². The summed E-state index contributed by atoms with van der Waals surface area (Å²) in [5.41, 5.74) is 0. The first-order valence-electron chi connectivity index (χ1n) is 2.68. The van der Waals surface area contributed by atoms with Crippen LogP contribution in [0.1, 0.15) is 6.42 Å². The van der Waals surface area contributed by atoms with Crippen molar-refractivity contribution in [3.05, 3.63) is 0 Å². The quantitative estimate of drug-likeness (QED) is 0.315. The van der Waals surface area contributed by atoms with Crippen LogP contribution in [0.3, 0.4) is 0 Å². The van der Waals surface area contributed by atoms with Crippen LogP contribution in [0.2, 0.25) is 0 Å². The van der Waals surface area contributed by atoms with E-state index in [0.29, 0.717) is 13.0 Å². The Bertz CT molecular complexity index is 93.0. The van der Waals surface area contributed by atoms with Gasteiger partial charge in [0.2, 0.25) is 5.91 Å². The fourth-order valence-corrected chi connectivity index (χ4v) is 0.366. The maximum absolute atomic E-state index is 10.6. The normalized spacial score (nSPS) is 9.22. The Hall–Kier alpha value is -0.610. The van der Waals surface area contributed by atoms with E-state index in [-0.39, 0.29) is 5.91 Å². The first-order valence-corrected chi connectivity index (χ1v) is 2.68. The Labute approximate surface area is 54.5 Å². The second-order valence-corrected chi connectivity index (χ2v) is 1.75. The van der Waals surface area contributed by atoms with Crippen LogP contribution in [0.25, 0.3) is 0 Å². The van der Waals surface area contributed by atoms with Crippen molar-refractivity contribution in [2.24, 2.45) is 5.84 Å². The van der Waals surface area contributed by atoms with Crippen LogP contribution < -0.4 is 5.84 Å². The molecule has 0 aliphatic heterocycles. The van der Waals surface area contributed by atoms with Gasteiger partial charge in [-0.3, -0.25) is 9.80 Å². The van der Waals surface area contributed by atoms with E-state index in [9.17, 15) is 4.79 Å². The van der Waals surface area contributed by atoms with E-state index in [1.165, 1.54) is 7.05 Å². The lowest BCUT2D eigenvalue weighted by Gasteiger charge is -2.07. The van der Waals surface area contributed by atoms with E-state index >= 15 is 0 Å². The summed E-state index contributed by atoms with van der Waals surface area (Å²) in [5, 5.41) is 1.05. The molecule has 0 atom stereocenters. The van der Waals surface area contributed by atoms with Crippen molar-refractivity contribution in [1.29, 1.82) is 0 Å². The van der Waals surface area contributed by atoms with E-state index in [4.69, 9.17) is 5.84 Å². The van der Waals surface area contributed by atoms with Crippen LogP contribution >= 0.6 is 0 Å². The van der Waals surface area contributed by atoms with Gasteiger partial charge in [0.25, 0.3) is 0 Å². The van der Waals surface area contributed by atoms with Crippen molar-refractivity contribution >= 4 is 5.91 Å². The summed E-state index contributed by atoms with van der Waals surface area (Å²) in [5.74, 6) is 4.99. The van der Waals surface area contributed by atoms with Gasteiger partial charge in [-0.25, -0.2) is 5.84 Å². The van der Waals surface area contributed by atoms with Crippen molar-refractivity contribution in [3.8, 4) is 0 Å². The molecule has 0 aromatic carbocycles. The highest BCUT2D eigenvalue weighted by atomic mass is 16.5. The van der Waals surface area contributed by atoms with E-state index in [2.05, 4.69) is 4.74 Å². The lowest BCUT2D eigenvalue weighted by atomic mass is 10.4. The molecule has 0 rings (SSSR count). The summed E-state index contributed by atoms with van der Waals surface area (Å²) in [7, 11) is 3.06. The van der Waals surface area contributed by atoms with Gasteiger partial charge >= 0.3 is 0 Å². The Morgan fingerprint density at radius 1 is 1.78 bits per heavy atom. The fraction of sp³-hybridized carbons (Fsp3) is 0.800. The molecule has 0 aromatic rings. The third kappa shape index (κ3) is 3.93. The van der Waals surface area contributed by atoms with Crippen LogP contribution in [-0.2, 0) is 9.53 Å². The number of methoxy groups -OCH3 is 1. The number of ether oxygens (including phenoxy) is 1. The molecule has 0 saturated heterocycles. The van der Waals surface area contributed by atoms with Gasteiger partial charge in [0.15, 0.2) is 0 Å². The van der Waals surface area contributed by atoms with Crippen LogP contribution in [-0.4, -0.2) is 31.7 Å². The van der Waals surface area contributed by atoms with Crippen molar-refractivity contribution in [2.75, 3.05) is 20.8 Å². The molecule has 0 aromatic heterocycles. The fourth-order valence-electron chi connectivity index (χ4n) is 0.366. The minimum absolute atomic E-state index is 0.114. The minimum Gasteiger partial charge on any atom is -0.384 e. The van der Waals surface area contributed by atoms with Gasteiger partial charge in [-0.2, -0.15) is 0 Å². The molecule has 0 unspecified atom stereocenters. The molecule has 0 bridgehead atoms. The number of hydrogen-bond acceptors (Lipinski definition) is 3. The van der Waals surface area contributed by atoms with Crippen molar-refractivity contribution < 1.29 is 9.53 Å². The lowest BCUT2D eigenvalue weighted by Crippen LogP contribution is -2.33. The second kappa shape index (κ2) is 4.29. The predicted molar refractivity (Wildman–Crippen MR) is 33.5 cm³/mol. The molecule has 0 saturated carbocycles. The van der Waals surface area contributed by atoms with Gasteiger partial charge < -0.3 is 4.74 Å². The number of carbonyl (C=O) groups is 1. The van der Waals surface area contributed by atoms with Gasteiger partial charge in [-0.1, -0.05) is 0 Å². The zero-order valence-corrected chi connectivity index (χ0v) is 5.76. The molecule has 9 heavy (non-hydrogen) atoms. The van der Waals surface area contributed by atoms with Crippen LogP contribution in [0.5, 0.6) is 0 Å². The molecule has 0 radical (unpaired) electrons. The van der Waals surface area contributed by atoms with E-state index in [1.54, 1.807) is 7.11 Å². The average Bonchev–Trinajstić information content (AvgIpc) is 1.82. The maximum atomic E-state index is 10.6. The number of amides is 1. The summed E-state index contributed by atoms with van der Waals surface area (Å²) in [6, 6.07) is 0. The zero-order valence-electron chi connectivity index (χ0n) is 5.76. The number of hydrogen-bond donors (Lipinski definition) is 1. The van der Waals surface area contributed by atoms with Gasteiger partial charge in [-0.15, -0.1) is 0 Å². The highest BCUT2D eigenvalue weighted by Gasteiger charge is 2.01. The molecule has 4 heteroatoms. The molecule has 0 aliphatic carbocycles. The van der Waals surface area contributed by atoms with Crippen molar-refractivity contribution in [3.63, 3.8) is 0 Å². The van der Waals surface area contributed by atoms with Crippen molar-refractivity contribution in [2.45, 2.75) is 6.42 Å². The highest BCUT2D eigenvalue weighted by Crippen LogP contribution is 1.83. The smallest absolute Gasteiger partial charge is 0.238 e. The van der Waals surface area contributed by atoms with Gasteiger partial charge in [0.1, 0.15) is 0 Å². The Kier molecular flexibility index (Phi) is 4.00. The predicted octanol–water partition coefficient (Wildman–Crippen LogP) is -0.645. The van der Waals surface area contributed by atoms with E-state index in [0.717, 1.165) is 5.01 Å². The SMILES string of the molecule is COCCC(=O)N(C)N. The highest BCUT2D eigenvalue weighted by molar-refractivity contribution is 5.75. The number of nitrogens with two attached hydrogens (primary N) is 1. The molecule has 0 aliphatic rings. The number of hydrazine groups is 1. The molecular formula is C5H12N2O2. The topological polar surface area (TPSA) is 55.6 Å². The minimum atomic E-state index is -0.114. The first-order chi connectivity index (χ1) is 4.18. The monoisotopic (exact) mass is 132 g/mol. The van der Waals surface area contributed by atoms with Crippen LogP contribution in [0, 0.1) is 0 Å².